The largest absolute Gasteiger partial charge is 0.382 e. The van der Waals surface area contributed by atoms with Gasteiger partial charge in [-0.1, -0.05) is 12.1 Å². The van der Waals surface area contributed by atoms with E-state index in [2.05, 4.69) is 31.4 Å². The Kier molecular flexibility index (Phi) is 5.81. The van der Waals surface area contributed by atoms with Crippen LogP contribution in [0.1, 0.15) is 35.6 Å². The Balaban J connectivity index is 1.60. The minimum Gasteiger partial charge on any atom is -0.382 e. The maximum atomic E-state index is 13.4. The Bertz CT molecular complexity index is 1700. The van der Waals surface area contributed by atoms with Gasteiger partial charge < -0.3 is 11.1 Å². The predicted molar refractivity (Wildman–Crippen MR) is 139 cm³/mol. The number of fused-ring (bicyclic) bond motifs is 1. The summed E-state index contributed by atoms with van der Waals surface area (Å²) < 4.78 is 1.66. The fraction of sp³-hybridized carbons (Fsp3) is 0.148. The topological polar surface area (TPSA) is 148 Å². The third kappa shape index (κ3) is 4.58. The van der Waals surface area contributed by atoms with Crippen molar-refractivity contribution in [2.75, 3.05) is 5.73 Å². The molecule has 0 unspecified atom stereocenters. The van der Waals surface area contributed by atoms with Crippen molar-refractivity contribution in [2.24, 2.45) is 7.05 Å². The lowest BCUT2D eigenvalue weighted by Gasteiger charge is -2.26. The Hall–Kier alpha value is -5.17. The van der Waals surface area contributed by atoms with Gasteiger partial charge in [-0.25, -0.2) is 9.97 Å². The number of aromatic nitrogens is 6. The van der Waals surface area contributed by atoms with Crippen LogP contribution < -0.4 is 11.1 Å². The first-order valence-electron chi connectivity index (χ1n) is 11.5. The van der Waals surface area contributed by atoms with Crippen molar-refractivity contribution in [1.29, 1.82) is 5.26 Å². The van der Waals surface area contributed by atoms with E-state index in [0.29, 0.717) is 28.3 Å². The van der Waals surface area contributed by atoms with E-state index < -0.39 is 11.4 Å². The average molecular weight is 490 g/mol. The van der Waals surface area contributed by atoms with E-state index in [0.717, 1.165) is 16.5 Å². The molecule has 1 amide bonds. The third-order valence-electron chi connectivity index (χ3n) is 5.93. The van der Waals surface area contributed by atoms with Crippen molar-refractivity contribution < 1.29 is 4.79 Å². The molecule has 37 heavy (non-hydrogen) atoms. The normalized spacial score (nSPS) is 11.3. The first-order chi connectivity index (χ1) is 17.7. The van der Waals surface area contributed by atoms with Gasteiger partial charge in [0.2, 0.25) is 0 Å². The third-order valence-corrected chi connectivity index (χ3v) is 5.93. The van der Waals surface area contributed by atoms with Crippen molar-refractivity contribution in [3.05, 3.63) is 84.1 Å². The summed E-state index contributed by atoms with van der Waals surface area (Å²) in [6, 6.07) is 16.7. The molecular formula is C27H23N9O. The summed E-state index contributed by atoms with van der Waals surface area (Å²) in [5.41, 5.74) is 9.38. The summed E-state index contributed by atoms with van der Waals surface area (Å²) in [6.07, 6.45) is 5.06. The van der Waals surface area contributed by atoms with Crippen molar-refractivity contribution in [3.8, 4) is 28.7 Å². The average Bonchev–Trinajstić information content (AvgIpc) is 3.34. The van der Waals surface area contributed by atoms with Crippen LogP contribution in [0, 0.1) is 11.3 Å². The fourth-order valence-corrected chi connectivity index (χ4v) is 4.01. The second-order valence-electron chi connectivity index (χ2n) is 9.06. The monoisotopic (exact) mass is 489 g/mol. The molecule has 0 bridgehead atoms. The van der Waals surface area contributed by atoms with Gasteiger partial charge in [-0.15, -0.1) is 0 Å². The van der Waals surface area contributed by atoms with Gasteiger partial charge in [0.15, 0.2) is 11.5 Å². The first kappa shape index (κ1) is 23.6. The minimum absolute atomic E-state index is 0.0227. The number of nitrogen functional groups attached to an aromatic ring is 1. The van der Waals surface area contributed by atoms with Gasteiger partial charge >= 0.3 is 0 Å². The van der Waals surface area contributed by atoms with Crippen LogP contribution >= 0.6 is 0 Å². The van der Waals surface area contributed by atoms with E-state index in [-0.39, 0.29) is 11.5 Å². The molecule has 0 radical (unpaired) electrons. The predicted octanol–water partition coefficient (Wildman–Crippen LogP) is 3.61. The summed E-state index contributed by atoms with van der Waals surface area (Å²) in [4.78, 5) is 31.4. The van der Waals surface area contributed by atoms with Crippen molar-refractivity contribution >= 4 is 22.6 Å². The number of hydrogen-bond donors (Lipinski definition) is 2. The molecule has 4 heterocycles. The number of nitrogens with one attached hydrogen (secondary N) is 1. The van der Waals surface area contributed by atoms with Crippen LogP contribution in [0.3, 0.4) is 0 Å². The molecule has 10 nitrogen and oxygen atoms in total. The quantitative estimate of drug-likeness (QED) is 0.380. The number of amides is 1. The number of pyridine rings is 2. The summed E-state index contributed by atoms with van der Waals surface area (Å²) in [7, 11) is 1.81. The second kappa shape index (κ2) is 9.13. The summed E-state index contributed by atoms with van der Waals surface area (Å²) in [5, 5.41) is 17.6. The molecule has 0 aliphatic carbocycles. The van der Waals surface area contributed by atoms with E-state index in [9.17, 15) is 10.1 Å². The number of carbonyl (C=O) groups excluding carboxylic acids is 1. The number of carbonyl (C=O) groups is 1. The van der Waals surface area contributed by atoms with E-state index in [1.165, 1.54) is 6.20 Å². The standard InChI is InChI=1S/C27H23N9O/c1-27(2,21-13-16(15-28)8-11-31-21)34-26(37)24-25(29)33-23(20-9-12-36(3)35-20)22(32-24)18-6-7-19-17(14-18)5-4-10-30-19/h4-14H,1-3H3,(H2,29,33)(H,34,37). The Morgan fingerprint density at radius 2 is 1.89 bits per heavy atom. The number of rotatable bonds is 5. The number of nitriles is 1. The molecule has 1 aromatic carbocycles. The molecule has 0 spiro atoms. The van der Waals surface area contributed by atoms with Crippen molar-refractivity contribution in [2.45, 2.75) is 19.4 Å². The maximum Gasteiger partial charge on any atom is 0.274 e. The summed E-state index contributed by atoms with van der Waals surface area (Å²) in [6.45, 7) is 3.58. The molecule has 3 N–H and O–H groups in total. The lowest BCUT2D eigenvalue weighted by Crippen LogP contribution is -2.42. The molecule has 5 aromatic rings. The molecule has 4 aromatic heterocycles. The molecule has 10 heteroatoms. The van der Waals surface area contributed by atoms with E-state index >= 15 is 0 Å². The molecule has 182 valence electrons. The second-order valence-corrected chi connectivity index (χ2v) is 9.06. The highest BCUT2D eigenvalue weighted by molar-refractivity contribution is 5.98. The number of anilines is 1. The van der Waals surface area contributed by atoms with Gasteiger partial charge in [0.25, 0.3) is 5.91 Å². The highest BCUT2D eigenvalue weighted by atomic mass is 16.2. The highest BCUT2D eigenvalue weighted by Crippen LogP contribution is 2.32. The zero-order valence-electron chi connectivity index (χ0n) is 20.5. The lowest BCUT2D eigenvalue weighted by atomic mass is 9.98. The number of hydrogen-bond acceptors (Lipinski definition) is 8. The van der Waals surface area contributed by atoms with E-state index in [4.69, 9.17) is 10.7 Å². The fourth-order valence-electron chi connectivity index (χ4n) is 4.01. The zero-order chi connectivity index (χ0) is 26.2. The molecular weight excluding hydrogens is 466 g/mol. The Labute approximate surface area is 212 Å². The van der Waals surface area contributed by atoms with Crippen LogP contribution in [0.25, 0.3) is 33.5 Å². The zero-order valence-corrected chi connectivity index (χ0v) is 20.5. The SMILES string of the molecule is Cn1ccc(-c2nc(N)c(C(=O)NC(C)(C)c3cc(C#N)ccn3)nc2-c2ccc3ncccc3c2)n1. The van der Waals surface area contributed by atoms with Crippen molar-refractivity contribution in [1.82, 2.24) is 35.0 Å². The van der Waals surface area contributed by atoms with Gasteiger partial charge in [-0.3, -0.25) is 19.4 Å². The van der Waals surface area contributed by atoms with Gasteiger partial charge in [0.05, 0.1) is 34.1 Å². The lowest BCUT2D eigenvalue weighted by molar-refractivity contribution is 0.0906. The maximum absolute atomic E-state index is 13.4. The molecule has 5 rings (SSSR count). The van der Waals surface area contributed by atoms with Crippen LogP contribution in [-0.4, -0.2) is 35.6 Å². The number of nitrogens with zero attached hydrogens (tertiary/aromatic N) is 7. The minimum atomic E-state index is -0.910. The van der Waals surface area contributed by atoms with Crippen LogP contribution in [-0.2, 0) is 12.6 Å². The van der Waals surface area contributed by atoms with E-state index in [1.54, 1.807) is 50.1 Å². The van der Waals surface area contributed by atoms with Gasteiger partial charge in [0, 0.05) is 36.6 Å². The summed E-state index contributed by atoms with van der Waals surface area (Å²) in [5.74, 6) is -0.547. The Morgan fingerprint density at radius 3 is 2.65 bits per heavy atom. The number of nitrogens with two attached hydrogens (primary N) is 1. The molecule has 0 fully saturated rings. The molecule has 0 saturated heterocycles. The molecule has 0 saturated carbocycles. The number of aryl methyl sites for hydroxylation is 1. The Morgan fingerprint density at radius 1 is 1.05 bits per heavy atom. The molecule has 0 aliphatic heterocycles. The molecule has 0 aliphatic rings. The number of benzene rings is 1. The van der Waals surface area contributed by atoms with E-state index in [1.807, 2.05) is 36.4 Å². The van der Waals surface area contributed by atoms with Crippen LogP contribution in [0.2, 0.25) is 0 Å². The first-order valence-corrected chi connectivity index (χ1v) is 11.5. The summed E-state index contributed by atoms with van der Waals surface area (Å²) >= 11 is 0. The van der Waals surface area contributed by atoms with Crippen LogP contribution in [0.4, 0.5) is 5.82 Å². The van der Waals surface area contributed by atoms with Gasteiger partial charge in [-0.05, 0) is 50.2 Å². The smallest absolute Gasteiger partial charge is 0.274 e. The van der Waals surface area contributed by atoms with Crippen LogP contribution in [0.15, 0.2) is 67.1 Å². The molecule has 0 atom stereocenters. The van der Waals surface area contributed by atoms with Crippen LogP contribution in [0.5, 0.6) is 0 Å². The highest BCUT2D eigenvalue weighted by Gasteiger charge is 2.28. The van der Waals surface area contributed by atoms with Crippen molar-refractivity contribution in [3.63, 3.8) is 0 Å². The van der Waals surface area contributed by atoms with Gasteiger partial charge in [-0.2, -0.15) is 10.4 Å². The van der Waals surface area contributed by atoms with Gasteiger partial charge in [0.1, 0.15) is 11.4 Å².